The molecule has 1 heterocycles. The van der Waals surface area contributed by atoms with Crippen molar-refractivity contribution in [3.8, 4) is 0 Å². The van der Waals surface area contributed by atoms with Gasteiger partial charge in [0.1, 0.15) is 6.10 Å². The Labute approximate surface area is 89.2 Å². The Morgan fingerprint density at radius 1 is 1.80 bits per heavy atom. The number of cyclic esters (lactones) is 1. The molecule has 1 aliphatic rings. The highest BCUT2D eigenvalue weighted by Gasteiger charge is 2.54. The summed E-state index contributed by atoms with van der Waals surface area (Å²) in [5, 5.41) is 0. The Morgan fingerprint density at radius 3 is 2.87 bits per heavy atom. The highest BCUT2D eigenvalue weighted by molar-refractivity contribution is 6.01. The molecule has 1 aliphatic heterocycles. The van der Waals surface area contributed by atoms with Crippen LogP contribution in [0.15, 0.2) is 12.7 Å². The molecule has 1 fully saturated rings. The zero-order valence-corrected chi connectivity index (χ0v) is 9.12. The Kier molecular flexibility index (Phi) is 3.50. The number of carbonyl (C=O) groups is 2. The van der Waals surface area contributed by atoms with Gasteiger partial charge in [-0.05, 0) is 20.3 Å². The molecule has 0 amide bonds. The normalized spacial score (nSPS) is 29.7. The van der Waals surface area contributed by atoms with Gasteiger partial charge in [-0.3, -0.25) is 9.59 Å². The van der Waals surface area contributed by atoms with Gasteiger partial charge in [0, 0.05) is 6.42 Å². The summed E-state index contributed by atoms with van der Waals surface area (Å²) in [5.41, 5.74) is -1.16. The lowest BCUT2D eigenvalue weighted by Crippen LogP contribution is -2.37. The highest BCUT2D eigenvalue weighted by Crippen LogP contribution is 2.38. The first kappa shape index (κ1) is 11.8. The van der Waals surface area contributed by atoms with E-state index in [2.05, 4.69) is 6.58 Å². The van der Waals surface area contributed by atoms with Crippen LogP contribution in [-0.2, 0) is 19.1 Å². The topological polar surface area (TPSA) is 52.6 Å². The fourth-order valence-corrected chi connectivity index (χ4v) is 1.84. The molecule has 0 spiro atoms. The average Bonchev–Trinajstić information content (AvgIpc) is 2.43. The molecule has 2 atom stereocenters. The predicted octanol–water partition coefficient (Wildman–Crippen LogP) is 1.45. The number of esters is 2. The number of hydrogen-bond acceptors (Lipinski definition) is 4. The van der Waals surface area contributed by atoms with Gasteiger partial charge in [0.05, 0.1) is 6.61 Å². The zero-order chi connectivity index (χ0) is 11.5. The van der Waals surface area contributed by atoms with E-state index < -0.39 is 17.4 Å². The van der Waals surface area contributed by atoms with E-state index in [0.29, 0.717) is 6.42 Å². The fourth-order valence-electron chi connectivity index (χ4n) is 1.84. The molecule has 0 aromatic heterocycles. The van der Waals surface area contributed by atoms with Gasteiger partial charge in [0.2, 0.25) is 0 Å². The molecular weight excluding hydrogens is 196 g/mol. The number of carbonyl (C=O) groups excluding carboxylic acids is 2. The standard InChI is InChI=1S/C11H16O4/c1-4-6-11(9(12)14-5-2)7-8(3)15-10(11)13/h4,8H,1,5-7H2,2-3H3/t8-,11-/m0/s1. The Morgan fingerprint density at radius 2 is 2.47 bits per heavy atom. The largest absolute Gasteiger partial charge is 0.465 e. The summed E-state index contributed by atoms with van der Waals surface area (Å²) in [6.07, 6.45) is 1.96. The summed E-state index contributed by atoms with van der Waals surface area (Å²) in [7, 11) is 0. The van der Waals surface area contributed by atoms with Crippen molar-refractivity contribution in [1.82, 2.24) is 0 Å². The maximum Gasteiger partial charge on any atom is 0.324 e. The molecule has 0 saturated carbocycles. The summed E-state index contributed by atoms with van der Waals surface area (Å²) in [5.74, 6) is -0.993. The summed E-state index contributed by atoms with van der Waals surface area (Å²) >= 11 is 0. The van der Waals surface area contributed by atoms with Gasteiger partial charge in [-0.1, -0.05) is 6.08 Å². The van der Waals surface area contributed by atoms with Crippen LogP contribution >= 0.6 is 0 Å². The molecule has 15 heavy (non-hydrogen) atoms. The van der Waals surface area contributed by atoms with Crippen molar-refractivity contribution < 1.29 is 19.1 Å². The molecule has 0 aliphatic carbocycles. The van der Waals surface area contributed by atoms with Crippen molar-refractivity contribution in [2.24, 2.45) is 5.41 Å². The van der Waals surface area contributed by atoms with Crippen molar-refractivity contribution in [1.29, 1.82) is 0 Å². The second-order valence-corrected chi connectivity index (χ2v) is 3.72. The minimum atomic E-state index is -1.16. The maximum atomic E-state index is 11.7. The van der Waals surface area contributed by atoms with Gasteiger partial charge in [-0.2, -0.15) is 0 Å². The Balaban J connectivity index is 2.92. The molecule has 4 nitrogen and oxygen atoms in total. The summed E-state index contributed by atoms with van der Waals surface area (Å²) in [6, 6.07) is 0. The van der Waals surface area contributed by atoms with E-state index in [1.807, 2.05) is 0 Å². The number of allylic oxidation sites excluding steroid dienone is 1. The zero-order valence-electron chi connectivity index (χ0n) is 9.12. The molecule has 4 heteroatoms. The van der Waals surface area contributed by atoms with E-state index in [0.717, 1.165) is 0 Å². The highest BCUT2D eigenvalue weighted by atomic mass is 16.6. The van der Waals surface area contributed by atoms with Crippen LogP contribution in [0.25, 0.3) is 0 Å². The molecule has 0 unspecified atom stereocenters. The molecule has 0 N–H and O–H groups in total. The second kappa shape index (κ2) is 4.47. The first-order valence-corrected chi connectivity index (χ1v) is 5.06. The molecule has 0 radical (unpaired) electrons. The van der Waals surface area contributed by atoms with E-state index in [9.17, 15) is 9.59 Å². The van der Waals surface area contributed by atoms with Crippen LogP contribution in [0.3, 0.4) is 0 Å². The van der Waals surface area contributed by atoms with Gasteiger partial charge in [-0.25, -0.2) is 0 Å². The smallest absolute Gasteiger partial charge is 0.324 e. The SMILES string of the molecule is C=CC[C@@]1(C(=O)OCC)C[C@H](C)OC1=O. The number of ether oxygens (including phenoxy) is 2. The average molecular weight is 212 g/mol. The van der Waals surface area contributed by atoms with Gasteiger partial charge in [0.25, 0.3) is 0 Å². The van der Waals surface area contributed by atoms with Crippen molar-refractivity contribution in [3.63, 3.8) is 0 Å². The van der Waals surface area contributed by atoms with Crippen molar-refractivity contribution in [3.05, 3.63) is 12.7 Å². The van der Waals surface area contributed by atoms with Crippen LogP contribution < -0.4 is 0 Å². The van der Waals surface area contributed by atoms with Crippen LogP contribution in [0.5, 0.6) is 0 Å². The summed E-state index contributed by atoms with van der Waals surface area (Å²) in [6.45, 7) is 7.30. The third kappa shape index (κ3) is 2.03. The maximum absolute atomic E-state index is 11.7. The summed E-state index contributed by atoms with van der Waals surface area (Å²) in [4.78, 5) is 23.4. The van der Waals surface area contributed by atoms with E-state index in [4.69, 9.17) is 9.47 Å². The Hall–Kier alpha value is -1.32. The molecule has 1 saturated heterocycles. The minimum absolute atomic E-state index is 0.234. The van der Waals surface area contributed by atoms with Crippen molar-refractivity contribution in [2.45, 2.75) is 32.8 Å². The van der Waals surface area contributed by atoms with Crippen LogP contribution in [0, 0.1) is 5.41 Å². The molecule has 0 aromatic carbocycles. The minimum Gasteiger partial charge on any atom is -0.465 e. The Bertz CT molecular complexity index is 284. The van der Waals surface area contributed by atoms with Crippen molar-refractivity contribution >= 4 is 11.9 Å². The lowest BCUT2D eigenvalue weighted by atomic mass is 9.81. The molecular formula is C11H16O4. The van der Waals surface area contributed by atoms with Crippen LogP contribution in [0.1, 0.15) is 26.7 Å². The summed E-state index contributed by atoms with van der Waals surface area (Å²) < 4.78 is 9.92. The van der Waals surface area contributed by atoms with E-state index in [1.54, 1.807) is 19.9 Å². The number of hydrogen-bond donors (Lipinski definition) is 0. The first-order valence-electron chi connectivity index (χ1n) is 5.06. The van der Waals surface area contributed by atoms with Crippen LogP contribution in [0.4, 0.5) is 0 Å². The monoisotopic (exact) mass is 212 g/mol. The molecule has 84 valence electrons. The van der Waals surface area contributed by atoms with E-state index in [1.165, 1.54) is 0 Å². The predicted molar refractivity (Wildman–Crippen MR) is 54.1 cm³/mol. The quantitative estimate of drug-likeness (QED) is 0.402. The fraction of sp³-hybridized carbons (Fsp3) is 0.636. The van der Waals surface area contributed by atoms with Crippen molar-refractivity contribution in [2.75, 3.05) is 6.61 Å². The first-order chi connectivity index (χ1) is 7.06. The van der Waals surface area contributed by atoms with Crippen LogP contribution in [-0.4, -0.2) is 24.6 Å². The van der Waals surface area contributed by atoms with Gasteiger partial charge in [0.15, 0.2) is 5.41 Å². The van der Waals surface area contributed by atoms with Gasteiger partial charge >= 0.3 is 11.9 Å². The van der Waals surface area contributed by atoms with Gasteiger partial charge < -0.3 is 9.47 Å². The lowest BCUT2D eigenvalue weighted by molar-refractivity contribution is -0.164. The lowest BCUT2D eigenvalue weighted by Gasteiger charge is -2.20. The van der Waals surface area contributed by atoms with E-state index >= 15 is 0 Å². The van der Waals surface area contributed by atoms with Crippen LogP contribution in [0.2, 0.25) is 0 Å². The third-order valence-corrected chi connectivity index (χ3v) is 2.49. The number of rotatable bonds is 4. The molecule has 0 bridgehead atoms. The molecule has 1 rings (SSSR count). The van der Waals surface area contributed by atoms with Gasteiger partial charge in [-0.15, -0.1) is 6.58 Å². The second-order valence-electron chi connectivity index (χ2n) is 3.72. The van der Waals surface area contributed by atoms with E-state index in [-0.39, 0.29) is 19.1 Å². The molecule has 0 aromatic rings. The third-order valence-electron chi connectivity index (χ3n) is 2.49.